The zero-order valence-electron chi connectivity index (χ0n) is 13.6. The van der Waals surface area contributed by atoms with Crippen molar-refractivity contribution in [2.45, 2.75) is 17.9 Å². The molecule has 0 saturated carbocycles. The van der Waals surface area contributed by atoms with Crippen LogP contribution in [0.3, 0.4) is 0 Å². The Morgan fingerprint density at radius 1 is 1.16 bits per heavy atom. The molecule has 1 aliphatic rings. The number of nitrogens with zero attached hydrogens (tertiary/aromatic N) is 1. The van der Waals surface area contributed by atoms with Gasteiger partial charge < -0.3 is 5.32 Å². The molecule has 2 aromatic rings. The minimum absolute atomic E-state index is 0. The summed E-state index contributed by atoms with van der Waals surface area (Å²) in [6.07, 6.45) is 0. The van der Waals surface area contributed by atoms with Crippen LogP contribution in [0.1, 0.15) is 17.2 Å². The van der Waals surface area contributed by atoms with Crippen molar-refractivity contribution in [1.29, 1.82) is 0 Å². The number of rotatable bonds is 3. The Kier molecular flexibility index (Phi) is 6.16. The summed E-state index contributed by atoms with van der Waals surface area (Å²) < 4.78 is 55.1. The Morgan fingerprint density at radius 3 is 2.56 bits per heavy atom. The molecule has 136 valence electrons. The molecule has 0 aromatic heterocycles. The molecule has 0 spiro atoms. The van der Waals surface area contributed by atoms with Crippen molar-refractivity contribution in [1.82, 2.24) is 9.62 Å². The summed E-state index contributed by atoms with van der Waals surface area (Å²) in [4.78, 5) is -0.312. The average Bonchev–Trinajstić information content (AvgIpc) is 2.54. The molecule has 25 heavy (non-hydrogen) atoms. The molecule has 1 saturated heterocycles. The van der Waals surface area contributed by atoms with E-state index < -0.39 is 27.7 Å². The first-order valence-electron chi connectivity index (χ1n) is 7.64. The number of halogens is 3. The summed E-state index contributed by atoms with van der Waals surface area (Å²) in [5.41, 5.74) is 0.895. The Labute approximate surface area is 152 Å². The van der Waals surface area contributed by atoms with E-state index in [9.17, 15) is 17.2 Å². The normalized spacial score (nSPS) is 18.6. The monoisotopic (exact) mass is 388 g/mol. The summed E-state index contributed by atoms with van der Waals surface area (Å²) >= 11 is 0. The third-order valence-corrected chi connectivity index (χ3v) is 6.25. The third-order valence-electron chi connectivity index (χ3n) is 4.16. The molecule has 0 radical (unpaired) electrons. The second kappa shape index (κ2) is 7.78. The van der Waals surface area contributed by atoms with Gasteiger partial charge in [0.25, 0.3) is 0 Å². The molecule has 8 heteroatoms. The lowest BCUT2D eigenvalue weighted by Crippen LogP contribution is -2.48. The van der Waals surface area contributed by atoms with Crippen molar-refractivity contribution in [3.8, 4) is 0 Å². The summed E-state index contributed by atoms with van der Waals surface area (Å²) in [5.74, 6) is -1.20. The van der Waals surface area contributed by atoms with Gasteiger partial charge in [0.15, 0.2) is 0 Å². The van der Waals surface area contributed by atoms with Crippen LogP contribution in [0.4, 0.5) is 8.78 Å². The zero-order valence-corrected chi connectivity index (χ0v) is 15.2. The number of hydrogen-bond acceptors (Lipinski definition) is 3. The van der Waals surface area contributed by atoms with Crippen LogP contribution in [-0.2, 0) is 10.0 Å². The quantitative estimate of drug-likeness (QED) is 0.879. The van der Waals surface area contributed by atoms with Gasteiger partial charge >= 0.3 is 0 Å². The highest BCUT2D eigenvalue weighted by molar-refractivity contribution is 7.89. The van der Waals surface area contributed by atoms with Gasteiger partial charge in [-0.1, -0.05) is 24.3 Å². The van der Waals surface area contributed by atoms with E-state index >= 15 is 0 Å². The molecular weight excluding hydrogens is 370 g/mol. The number of aryl methyl sites for hydroxylation is 1. The van der Waals surface area contributed by atoms with Crippen LogP contribution in [0.5, 0.6) is 0 Å². The molecule has 0 amide bonds. The second-order valence-corrected chi connectivity index (χ2v) is 7.60. The van der Waals surface area contributed by atoms with Gasteiger partial charge in [-0.05, 0) is 36.2 Å². The van der Waals surface area contributed by atoms with Gasteiger partial charge in [0.05, 0.1) is 6.04 Å². The fourth-order valence-corrected chi connectivity index (χ4v) is 4.92. The van der Waals surface area contributed by atoms with Crippen LogP contribution >= 0.6 is 12.4 Å². The van der Waals surface area contributed by atoms with Gasteiger partial charge in [0.1, 0.15) is 16.5 Å². The average molecular weight is 389 g/mol. The first-order chi connectivity index (χ1) is 11.4. The van der Waals surface area contributed by atoms with Crippen molar-refractivity contribution in [3.63, 3.8) is 0 Å². The Balaban J connectivity index is 0.00000225. The summed E-state index contributed by atoms with van der Waals surface area (Å²) in [7, 11) is -4.04. The standard InChI is InChI=1S/C17H18F2N2O2S.ClH/c1-12-4-2-7-15(19)17(12)24(22,23)21-9-8-20-11-16(21)13-5-3-6-14(18)10-13;/h2-7,10,16,20H,8-9,11H2,1H3;1H. The largest absolute Gasteiger partial charge is 0.313 e. The van der Waals surface area contributed by atoms with Crippen molar-refractivity contribution in [2.24, 2.45) is 0 Å². The van der Waals surface area contributed by atoms with Crippen molar-refractivity contribution >= 4 is 22.4 Å². The topological polar surface area (TPSA) is 49.4 Å². The number of hydrogen-bond donors (Lipinski definition) is 1. The Hall–Kier alpha value is -1.54. The molecule has 0 aliphatic carbocycles. The molecular formula is C17H19ClF2N2O2S. The van der Waals surface area contributed by atoms with E-state index in [4.69, 9.17) is 0 Å². The van der Waals surface area contributed by atoms with Gasteiger partial charge in [-0.3, -0.25) is 0 Å². The van der Waals surface area contributed by atoms with Gasteiger partial charge in [0.2, 0.25) is 10.0 Å². The van der Waals surface area contributed by atoms with Crippen LogP contribution in [-0.4, -0.2) is 32.4 Å². The molecule has 1 N–H and O–H groups in total. The number of piperazine rings is 1. The lowest BCUT2D eigenvalue weighted by atomic mass is 10.1. The van der Waals surface area contributed by atoms with Crippen LogP contribution in [0.2, 0.25) is 0 Å². The molecule has 2 aromatic carbocycles. The minimum Gasteiger partial charge on any atom is -0.313 e. The van der Waals surface area contributed by atoms with Gasteiger partial charge in [-0.15, -0.1) is 12.4 Å². The van der Waals surface area contributed by atoms with E-state index in [0.717, 1.165) is 6.07 Å². The van der Waals surface area contributed by atoms with E-state index in [2.05, 4.69) is 5.32 Å². The maximum Gasteiger partial charge on any atom is 0.246 e. The highest BCUT2D eigenvalue weighted by Gasteiger charge is 2.36. The lowest BCUT2D eigenvalue weighted by Gasteiger charge is -2.35. The van der Waals surface area contributed by atoms with Crippen LogP contribution in [0.15, 0.2) is 47.4 Å². The fourth-order valence-electron chi connectivity index (χ4n) is 3.03. The van der Waals surface area contributed by atoms with Crippen LogP contribution in [0, 0.1) is 18.6 Å². The molecule has 3 rings (SSSR count). The molecule has 1 unspecified atom stereocenters. The number of nitrogens with one attached hydrogen (secondary N) is 1. The molecule has 0 bridgehead atoms. The summed E-state index contributed by atoms with van der Waals surface area (Å²) in [5, 5.41) is 3.11. The first kappa shape index (κ1) is 19.8. The predicted molar refractivity (Wildman–Crippen MR) is 94.3 cm³/mol. The fraction of sp³-hybridized carbons (Fsp3) is 0.294. The number of benzene rings is 2. The van der Waals surface area contributed by atoms with Crippen LogP contribution in [0.25, 0.3) is 0 Å². The Bertz CT molecular complexity index is 841. The highest BCUT2D eigenvalue weighted by Crippen LogP contribution is 2.31. The molecule has 1 heterocycles. The summed E-state index contributed by atoms with van der Waals surface area (Å²) in [6.45, 7) is 2.56. The van der Waals surface area contributed by atoms with Gasteiger partial charge in [-0.25, -0.2) is 17.2 Å². The van der Waals surface area contributed by atoms with E-state index in [0.29, 0.717) is 24.2 Å². The zero-order chi connectivity index (χ0) is 17.3. The summed E-state index contributed by atoms with van der Waals surface area (Å²) in [6, 6.07) is 9.43. The van der Waals surface area contributed by atoms with Crippen molar-refractivity contribution < 1.29 is 17.2 Å². The Morgan fingerprint density at radius 2 is 1.88 bits per heavy atom. The SMILES string of the molecule is Cc1cccc(F)c1S(=O)(=O)N1CCNCC1c1cccc(F)c1.Cl. The second-order valence-electron chi connectivity index (χ2n) is 5.78. The molecule has 4 nitrogen and oxygen atoms in total. The van der Waals surface area contributed by atoms with Crippen molar-refractivity contribution in [3.05, 3.63) is 65.2 Å². The lowest BCUT2D eigenvalue weighted by molar-refractivity contribution is 0.270. The van der Waals surface area contributed by atoms with E-state index in [1.807, 2.05) is 0 Å². The van der Waals surface area contributed by atoms with Crippen LogP contribution < -0.4 is 5.32 Å². The predicted octanol–water partition coefficient (Wildman–Crippen LogP) is 3.03. The van der Waals surface area contributed by atoms with E-state index in [-0.39, 0.29) is 23.8 Å². The highest BCUT2D eigenvalue weighted by atomic mass is 35.5. The van der Waals surface area contributed by atoms with Gasteiger partial charge in [-0.2, -0.15) is 4.31 Å². The minimum atomic E-state index is -4.04. The third kappa shape index (κ3) is 3.84. The molecule has 1 aliphatic heterocycles. The van der Waals surface area contributed by atoms with E-state index in [1.54, 1.807) is 25.1 Å². The smallest absolute Gasteiger partial charge is 0.246 e. The van der Waals surface area contributed by atoms with Crippen molar-refractivity contribution in [2.75, 3.05) is 19.6 Å². The maximum absolute atomic E-state index is 14.2. The van der Waals surface area contributed by atoms with E-state index in [1.165, 1.54) is 22.5 Å². The van der Waals surface area contributed by atoms with Gasteiger partial charge in [0, 0.05) is 19.6 Å². The molecule has 1 atom stereocenters. The number of sulfonamides is 1. The molecule has 1 fully saturated rings. The first-order valence-corrected chi connectivity index (χ1v) is 9.08. The maximum atomic E-state index is 14.2.